The van der Waals surface area contributed by atoms with Crippen LogP contribution in [0.1, 0.15) is 48.9 Å². The summed E-state index contributed by atoms with van der Waals surface area (Å²) in [6.45, 7) is 1.94. The number of fused-ring (bicyclic) bond motifs is 6. The number of sulfonamides is 1. The number of aliphatic hydroxyl groups is 1. The molecule has 3 heterocycles. The van der Waals surface area contributed by atoms with Gasteiger partial charge in [-0.25, -0.2) is 13.4 Å². The van der Waals surface area contributed by atoms with Crippen molar-refractivity contribution in [3.05, 3.63) is 36.0 Å². The molecule has 0 unspecified atom stereocenters. The van der Waals surface area contributed by atoms with Gasteiger partial charge in [0.2, 0.25) is 16.0 Å². The van der Waals surface area contributed by atoms with E-state index in [0.717, 1.165) is 58.2 Å². The molecule has 4 N–H and O–H groups in total. The number of nitrogens with one attached hydrogen (secondary N) is 3. The Hall–Kier alpha value is -2.92. The van der Waals surface area contributed by atoms with Crippen molar-refractivity contribution in [3.63, 3.8) is 0 Å². The topological polar surface area (TPSA) is 137 Å². The zero-order valence-electron chi connectivity index (χ0n) is 19.2. The molecule has 2 aliphatic rings. The van der Waals surface area contributed by atoms with E-state index >= 15 is 0 Å². The Kier molecular flexibility index (Phi) is 7.84. The lowest BCUT2D eigenvalue weighted by Crippen LogP contribution is -2.36. The number of hydrogen-bond acceptors (Lipinski definition) is 8. The van der Waals surface area contributed by atoms with Crippen molar-refractivity contribution in [1.82, 2.24) is 9.97 Å². The first kappa shape index (κ1) is 24.2. The molecule has 0 radical (unpaired) electrons. The highest BCUT2D eigenvalue weighted by atomic mass is 32.2. The third kappa shape index (κ3) is 6.35. The zero-order chi connectivity index (χ0) is 24.0. The van der Waals surface area contributed by atoms with Gasteiger partial charge in [-0.1, -0.05) is 12.8 Å². The van der Waals surface area contributed by atoms with Gasteiger partial charge in [-0.2, -0.15) is 4.98 Å². The number of piperidine rings is 1. The highest BCUT2D eigenvalue weighted by molar-refractivity contribution is 7.92. The predicted octanol–water partition coefficient (Wildman–Crippen LogP) is 2.67. The molecule has 1 fully saturated rings. The van der Waals surface area contributed by atoms with Gasteiger partial charge < -0.3 is 20.6 Å². The summed E-state index contributed by atoms with van der Waals surface area (Å²) in [4.78, 5) is 24.1. The van der Waals surface area contributed by atoms with Gasteiger partial charge in [-0.3, -0.25) is 9.52 Å². The van der Waals surface area contributed by atoms with E-state index in [0.29, 0.717) is 34.6 Å². The Morgan fingerprint density at radius 1 is 1.15 bits per heavy atom. The molecule has 0 aliphatic carbocycles. The molecule has 1 aromatic carbocycles. The molecule has 1 amide bonds. The molecule has 4 rings (SSSR count). The molecule has 1 saturated heterocycles. The molecule has 10 nitrogen and oxygen atoms in total. The number of benzene rings is 1. The fraction of sp³-hybridized carbons (Fsp3) is 0.522. The highest BCUT2D eigenvalue weighted by Crippen LogP contribution is 2.32. The summed E-state index contributed by atoms with van der Waals surface area (Å²) < 4.78 is 26.9. The maximum atomic E-state index is 13.3. The third-order valence-corrected chi connectivity index (χ3v) is 7.47. The van der Waals surface area contributed by atoms with Gasteiger partial charge in [-0.05, 0) is 55.9 Å². The summed E-state index contributed by atoms with van der Waals surface area (Å²) in [6.07, 6.45) is 8.16. The zero-order valence-corrected chi connectivity index (χ0v) is 20.0. The van der Waals surface area contributed by atoms with Gasteiger partial charge in [0.05, 0.1) is 29.3 Å². The summed E-state index contributed by atoms with van der Waals surface area (Å²) in [5.74, 6) is 0.680. The molecule has 0 saturated carbocycles. The van der Waals surface area contributed by atoms with E-state index in [4.69, 9.17) is 5.11 Å². The smallest absolute Gasteiger partial charge is 0.258 e. The molecule has 1 atom stereocenters. The number of carbonyl (C=O) groups excluding carboxylic acids is 1. The number of amides is 1. The quantitative estimate of drug-likeness (QED) is 0.516. The first-order valence-corrected chi connectivity index (χ1v) is 13.5. The minimum absolute atomic E-state index is 0.321. The molecule has 184 valence electrons. The van der Waals surface area contributed by atoms with E-state index in [1.807, 2.05) is 0 Å². The van der Waals surface area contributed by atoms with Crippen molar-refractivity contribution < 1.29 is 18.3 Å². The number of carbonyl (C=O) groups is 1. The van der Waals surface area contributed by atoms with Gasteiger partial charge in [0.25, 0.3) is 5.91 Å². The van der Waals surface area contributed by atoms with Crippen LogP contribution in [0.15, 0.2) is 30.5 Å². The predicted molar refractivity (Wildman–Crippen MR) is 133 cm³/mol. The fourth-order valence-electron chi connectivity index (χ4n) is 4.55. The van der Waals surface area contributed by atoms with E-state index in [2.05, 4.69) is 30.2 Å². The number of rotatable bonds is 4. The van der Waals surface area contributed by atoms with Crippen LogP contribution < -0.4 is 20.3 Å². The van der Waals surface area contributed by atoms with Crippen LogP contribution in [0.25, 0.3) is 0 Å². The van der Waals surface area contributed by atoms with E-state index in [1.165, 1.54) is 0 Å². The molecule has 0 spiro atoms. The molecule has 11 heteroatoms. The molecule has 2 aliphatic heterocycles. The Balaban J connectivity index is 1.68. The highest BCUT2D eigenvalue weighted by Gasteiger charge is 2.25. The van der Waals surface area contributed by atoms with Crippen LogP contribution in [0.4, 0.5) is 23.1 Å². The van der Waals surface area contributed by atoms with Crippen LogP contribution in [0.5, 0.6) is 0 Å². The molecular weight excluding hydrogens is 456 g/mol. The summed E-state index contributed by atoms with van der Waals surface area (Å²) in [6, 6.07) is 6.55. The second-order valence-electron chi connectivity index (χ2n) is 8.83. The number of aliphatic hydroxyl groups excluding tert-OH is 1. The standard InChI is InChI=1S/C23H32N6O4S/c30-13-14-34(32,33)28-18-7-8-19-20(15-18)29-12-4-6-17(16-29)5-2-1-3-10-24-23-25-11-9-21(27-23)26-22(19)31/h7-9,11,15,17,28,30H,1-6,10,12-14,16H2,(H2,24,25,26,27,31)/t17-/m1/s1. The Morgan fingerprint density at radius 3 is 2.85 bits per heavy atom. The number of anilines is 4. The average Bonchev–Trinajstić information content (AvgIpc) is 2.81. The number of nitrogens with zero attached hydrogens (tertiary/aromatic N) is 3. The second-order valence-corrected chi connectivity index (χ2v) is 10.7. The lowest BCUT2D eigenvalue weighted by molar-refractivity contribution is 0.102. The van der Waals surface area contributed by atoms with Crippen LogP contribution in [0.3, 0.4) is 0 Å². The second kappa shape index (κ2) is 11.0. The molecule has 1 aromatic heterocycles. The first-order valence-electron chi connectivity index (χ1n) is 11.8. The van der Waals surface area contributed by atoms with Crippen molar-refractivity contribution in [3.8, 4) is 0 Å². The molecular formula is C23H32N6O4S. The van der Waals surface area contributed by atoms with Crippen LogP contribution in [0, 0.1) is 5.92 Å². The summed E-state index contributed by atoms with van der Waals surface area (Å²) >= 11 is 0. The summed E-state index contributed by atoms with van der Waals surface area (Å²) in [5.41, 5.74) is 1.50. The Bertz CT molecular complexity index is 1110. The number of hydrogen-bond donors (Lipinski definition) is 4. The van der Waals surface area contributed by atoms with Crippen LogP contribution in [0.2, 0.25) is 0 Å². The molecule has 34 heavy (non-hydrogen) atoms. The fourth-order valence-corrected chi connectivity index (χ4v) is 5.38. The maximum absolute atomic E-state index is 13.3. The van der Waals surface area contributed by atoms with Gasteiger partial charge in [0, 0.05) is 25.8 Å². The molecule has 2 aromatic rings. The molecule has 4 bridgehead atoms. The SMILES string of the molecule is O=C1Nc2ccnc(n2)NCCCCC[C@@H]2CCCN(C2)c2cc(NS(=O)(=O)CCO)ccc21. The maximum Gasteiger partial charge on any atom is 0.258 e. The Labute approximate surface area is 200 Å². The van der Waals surface area contributed by atoms with Crippen molar-refractivity contribution in [2.75, 3.05) is 52.2 Å². The summed E-state index contributed by atoms with van der Waals surface area (Å²) in [7, 11) is -3.68. The lowest BCUT2D eigenvalue weighted by Gasteiger charge is -2.36. The van der Waals surface area contributed by atoms with E-state index in [-0.39, 0.29) is 11.7 Å². The minimum atomic E-state index is -3.68. The van der Waals surface area contributed by atoms with E-state index < -0.39 is 16.6 Å². The third-order valence-electron chi connectivity index (χ3n) is 6.20. The van der Waals surface area contributed by atoms with Gasteiger partial charge >= 0.3 is 0 Å². The average molecular weight is 489 g/mol. The van der Waals surface area contributed by atoms with Gasteiger partial charge in [-0.15, -0.1) is 0 Å². The van der Waals surface area contributed by atoms with Crippen LogP contribution >= 0.6 is 0 Å². The largest absolute Gasteiger partial charge is 0.395 e. The number of aromatic nitrogens is 2. The monoisotopic (exact) mass is 488 g/mol. The van der Waals surface area contributed by atoms with Crippen LogP contribution in [-0.2, 0) is 10.0 Å². The van der Waals surface area contributed by atoms with Crippen LogP contribution in [-0.4, -0.2) is 61.4 Å². The van der Waals surface area contributed by atoms with Crippen molar-refractivity contribution in [2.24, 2.45) is 5.92 Å². The van der Waals surface area contributed by atoms with Gasteiger partial charge in [0.15, 0.2) is 0 Å². The normalized spacial score (nSPS) is 19.5. The summed E-state index contributed by atoms with van der Waals surface area (Å²) in [5, 5.41) is 15.1. The first-order chi connectivity index (χ1) is 16.4. The van der Waals surface area contributed by atoms with E-state index in [1.54, 1.807) is 30.5 Å². The van der Waals surface area contributed by atoms with Crippen molar-refractivity contribution in [2.45, 2.75) is 38.5 Å². The van der Waals surface area contributed by atoms with Gasteiger partial charge in [0.1, 0.15) is 5.82 Å². The minimum Gasteiger partial charge on any atom is -0.395 e. The lowest BCUT2D eigenvalue weighted by atomic mass is 9.91. The Morgan fingerprint density at radius 2 is 2.00 bits per heavy atom. The van der Waals surface area contributed by atoms with Crippen molar-refractivity contribution in [1.29, 1.82) is 0 Å². The van der Waals surface area contributed by atoms with E-state index in [9.17, 15) is 13.2 Å². The van der Waals surface area contributed by atoms with Crippen molar-refractivity contribution >= 4 is 39.1 Å².